The van der Waals surface area contributed by atoms with Gasteiger partial charge in [-0.05, 0) is 32.4 Å². The van der Waals surface area contributed by atoms with Crippen LogP contribution in [-0.2, 0) is 12.7 Å². The van der Waals surface area contributed by atoms with Gasteiger partial charge in [-0.1, -0.05) is 23.4 Å². The Hall–Kier alpha value is -1.82. The van der Waals surface area contributed by atoms with Crippen LogP contribution in [-0.4, -0.2) is 5.16 Å². The Morgan fingerprint density at radius 2 is 1.90 bits per heavy atom. The summed E-state index contributed by atoms with van der Waals surface area (Å²) in [6, 6.07) is 5.17. The van der Waals surface area contributed by atoms with Crippen LogP contribution in [0.3, 0.4) is 0 Å². The van der Waals surface area contributed by atoms with Gasteiger partial charge in [0.05, 0.1) is 11.3 Å². The van der Waals surface area contributed by atoms with Gasteiger partial charge in [0, 0.05) is 18.2 Å². The summed E-state index contributed by atoms with van der Waals surface area (Å²) in [5, 5.41) is 6.92. The van der Waals surface area contributed by atoms with Gasteiger partial charge in [0.15, 0.2) is 0 Å². The molecule has 114 valence electrons. The molecule has 1 aromatic heterocycles. The second-order valence-electron chi connectivity index (χ2n) is 4.99. The molecule has 0 spiro atoms. The standard InChI is InChI=1S/C15H17F3N2O/c1-9(19-8-13-10(2)20-21-11(13)3)12-6-4-5-7-14(12)15(16,17)18/h4-7,9,19H,8H2,1-3H3. The molecule has 6 heteroatoms. The fourth-order valence-corrected chi connectivity index (χ4v) is 2.25. The van der Waals surface area contributed by atoms with E-state index < -0.39 is 17.8 Å². The van der Waals surface area contributed by atoms with Crippen LogP contribution in [0.1, 0.15) is 41.1 Å². The van der Waals surface area contributed by atoms with E-state index in [1.165, 1.54) is 12.1 Å². The Kier molecular flexibility index (Phi) is 4.37. The summed E-state index contributed by atoms with van der Waals surface area (Å²) in [6.07, 6.45) is -4.35. The Balaban J connectivity index is 2.16. The summed E-state index contributed by atoms with van der Waals surface area (Å²) >= 11 is 0. The number of nitrogens with one attached hydrogen (secondary N) is 1. The molecule has 2 rings (SSSR count). The quantitative estimate of drug-likeness (QED) is 0.921. The molecule has 0 bridgehead atoms. The van der Waals surface area contributed by atoms with Gasteiger partial charge in [-0.25, -0.2) is 0 Å². The molecule has 1 atom stereocenters. The molecule has 0 amide bonds. The zero-order valence-electron chi connectivity index (χ0n) is 12.1. The molecule has 0 saturated heterocycles. The first-order valence-electron chi connectivity index (χ1n) is 6.62. The van der Waals surface area contributed by atoms with Gasteiger partial charge >= 0.3 is 6.18 Å². The molecule has 2 aromatic rings. The minimum atomic E-state index is -4.35. The fraction of sp³-hybridized carbons (Fsp3) is 0.400. The van der Waals surface area contributed by atoms with Crippen LogP contribution in [0.15, 0.2) is 28.8 Å². The molecule has 0 aliphatic rings. The third kappa shape index (κ3) is 3.44. The Bertz CT molecular complexity index is 600. The third-order valence-corrected chi connectivity index (χ3v) is 3.50. The number of rotatable bonds is 4. The fourth-order valence-electron chi connectivity index (χ4n) is 2.25. The van der Waals surface area contributed by atoms with Crippen LogP contribution in [0.25, 0.3) is 0 Å². The first-order chi connectivity index (χ1) is 9.80. The summed E-state index contributed by atoms with van der Waals surface area (Å²) in [4.78, 5) is 0. The van der Waals surface area contributed by atoms with E-state index in [-0.39, 0.29) is 5.56 Å². The van der Waals surface area contributed by atoms with Crippen LogP contribution >= 0.6 is 0 Å². The van der Waals surface area contributed by atoms with Gasteiger partial charge in [-0.15, -0.1) is 0 Å². The van der Waals surface area contributed by atoms with Crippen LogP contribution in [0, 0.1) is 13.8 Å². The van der Waals surface area contributed by atoms with Gasteiger partial charge in [-0.3, -0.25) is 0 Å². The van der Waals surface area contributed by atoms with E-state index in [1.54, 1.807) is 19.9 Å². The SMILES string of the molecule is Cc1noc(C)c1CNC(C)c1ccccc1C(F)(F)F. The smallest absolute Gasteiger partial charge is 0.361 e. The Labute approximate surface area is 121 Å². The summed E-state index contributed by atoms with van der Waals surface area (Å²) in [5.74, 6) is 0.677. The highest BCUT2D eigenvalue weighted by atomic mass is 19.4. The minimum Gasteiger partial charge on any atom is -0.361 e. The van der Waals surface area contributed by atoms with Crippen LogP contribution in [0.2, 0.25) is 0 Å². The van der Waals surface area contributed by atoms with Crippen molar-refractivity contribution >= 4 is 0 Å². The van der Waals surface area contributed by atoms with E-state index in [2.05, 4.69) is 10.5 Å². The van der Waals surface area contributed by atoms with Gasteiger partial charge in [0.25, 0.3) is 0 Å². The highest BCUT2D eigenvalue weighted by Crippen LogP contribution is 2.34. The lowest BCUT2D eigenvalue weighted by Crippen LogP contribution is -2.22. The molecule has 0 saturated carbocycles. The maximum absolute atomic E-state index is 13.0. The van der Waals surface area contributed by atoms with Crippen molar-refractivity contribution in [1.82, 2.24) is 10.5 Å². The second-order valence-corrected chi connectivity index (χ2v) is 4.99. The summed E-state index contributed by atoms with van der Waals surface area (Å²) in [5.41, 5.74) is 1.25. The van der Waals surface area contributed by atoms with Crippen molar-refractivity contribution in [3.8, 4) is 0 Å². The van der Waals surface area contributed by atoms with Gasteiger partial charge in [0.2, 0.25) is 0 Å². The average molecular weight is 298 g/mol. The molecule has 0 aliphatic heterocycles. The number of hydrogen-bond acceptors (Lipinski definition) is 3. The number of aromatic nitrogens is 1. The number of hydrogen-bond donors (Lipinski definition) is 1. The number of alkyl halides is 3. The highest BCUT2D eigenvalue weighted by Gasteiger charge is 2.34. The van der Waals surface area contributed by atoms with E-state index in [0.29, 0.717) is 12.3 Å². The van der Waals surface area contributed by atoms with Crippen molar-refractivity contribution in [3.05, 3.63) is 52.4 Å². The van der Waals surface area contributed by atoms with E-state index in [0.717, 1.165) is 17.3 Å². The minimum absolute atomic E-state index is 0.233. The first-order valence-corrected chi connectivity index (χ1v) is 6.62. The van der Waals surface area contributed by atoms with E-state index >= 15 is 0 Å². The zero-order valence-corrected chi connectivity index (χ0v) is 12.1. The lowest BCUT2D eigenvalue weighted by atomic mass is 10.0. The second kappa shape index (κ2) is 5.89. The van der Waals surface area contributed by atoms with Crippen molar-refractivity contribution in [2.24, 2.45) is 0 Å². The average Bonchev–Trinajstić information content (AvgIpc) is 2.74. The van der Waals surface area contributed by atoms with E-state index in [4.69, 9.17) is 4.52 Å². The largest absolute Gasteiger partial charge is 0.416 e. The number of benzene rings is 1. The van der Waals surface area contributed by atoms with E-state index in [1.807, 2.05) is 6.92 Å². The number of halogens is 3. The molecule has 1 aromatic carbocycles. The number of nitrogens with zero attached hydrogens (tertiary/aromatic N) is 1. The molecular formula is C15H17F3N2O. The van der Waals surface area contributed by atoms with Crippen LogP contribution < -0.4 is 5.32 Å². The maximum atomic E-state index is 13.0. The maximum Gasteiger partial charge on any atom is 0.416 e. The van der Waals surface area contributed by atoms with Crippen molar-refractivity contribution in [1.29, 1.82) is 0 Å². The lowest BCUT2D eigenvalue weighted by molar-refractivity contribution is -0.138. The summed E-state index contributed by atoms with van der Waals surface area (Å²) in [6.45, 7) is 5.71. The zero-order chi connectivity index (χ0) is 15.6. The van der Waals surface area contributed by atoms with Crippen molar-refractivity contribution in [2.45, 2.75) is 39.5 Å². The molecule has 0 fully saturated rings. The normalized spacial score (nSPS) is 13.4. The van der Waals surface area contributed by atoms with Crippen LogP contribution in [0.5, 0.6) is 0 Å². The molecule has 1 N–H and O–H groups in total. The molecule has 1 unspecified atom stereocenters. The Morgan fingerprint density at radius 1 is 1.24 bits per heavy atom. The molecule has 0 radical (unpaired) electrons. The summed E-state index contributed by atoms with van der Waals surface area (Å²) < 4.78 is 44.0. The van der Waals surface area contributed by atoms with E-state index in [9.17, 15) is 13.2 Å². The first kappa shape index (κ1) is 15.6. The highest BCUT2D eigenvalue weighted by molar-refractivity contribution is 5.32. The predicted octanol–water partition coefficient (Wildman–Crippen LogP) is 4.16. The monoisotopic (exact) mass is 298 g/mol. The molecule has 0 aliphatic carbocycles. The predicted molar refractivity (Wildman–Crippen MR) is 72.7 cm³/mol. The van der Waals surface area contributed by atoms with Crippen molar-refractivity contribution in [3.63, 3.8) is 0 Å². The van der Waals surface area contributed by atoms with Crippen LogP contribution in [0.4, 0.5) is 13.2 Å². The topological polar surface area (TPSA) is 38.1 Å². The molecule has 3 nitrogen and oxygen atoms in total. The lowest BCUT2D eigenvalue weighted by Gasteiger charge is -2.19. The van der Waals surface area contributed by atoms with Gasteiger partial charge in [0.1, 0.15) is 5.76 Å². The van der Waals surface area contributed by atoms with Crippen molar-refractivity contribution < 1.29 is 17.7 Å². The van der Waals surface area contributed by atoms with Gasteiger partial charge in [-0.2, -0.15) is 13.2 Å². The van der Waals surface area contributed by atoms with Gasteiger partial charge < -0.3 is 9.84 Å². The Morgan fingerprint density at radius 3 is 2.48 bits per heavy atom. The molecular weight excluding hydrogens is 281 g/mol. The van der Waals surface area contributed by atoms with Crippen molar-refractivity contribution in [2.75, 3.05) is 0 Å². The molecule has 1 heterocycles. The molecule has 21 heavy (non-hydrogen) atoms. The summed E-state index contributed by atoms with van der Waals surface area (Å²) in [7, 11) is 0. The third-order valence-electron chi connectivity index (χ3n) is 3.50. The number of aryl methyl sites for hydroxylation is 2.